The summed E-state index contributed by atoms with van der Waals surface area (Å²) >= 11 is 0. The van der Waals surface area contributed by atoms with Crippen molar-refractivity contribution in [3.05, 3.63) is 65.2 Å². The van der Waals surface area contributed by atoms with E-state index in [0.717, 1.165) is 37.6 Å². The maximum absolute atomic E-state index is 12.5. The lowest BCUT2D eigenvalue weighted by Gasteiger charge is -2.35. The fraction of sp³-hybridized carbons (Fsp3) is 0.409. The van der Waals surface area contributed by atoms with Crippen LogP contribution in [0.15, 0.2) is 48.5 Å². The summed E-state index contributed by atoms with van der Waals surface area (Å²) in [5.74, 6) is 0.885. The summed E-state index contributed by atoms with van der Waals surface area (Å²) in [6, 6.07) is 16.3. The number of hydrogen-bond donors (Lipinski definition) is 1. The van der Waals surface area contributed by atoms with Gasteiger partial charge in [-0.15, -0.1) is 0 Å². The third-order valence-electron chi connectivity index (χ3n) is 4.93. The molecule has 1 aliphatic rings. The van der Waals surface area contributed by atoms with Crippen molar-refractivity contribution in [2.24, 2.45) is 0 Å². The summed E-state index contributed by atoms with van der Waals surface area (Å²) in [5.41, 5.74) is 3.39. The van der Waals surface area contributed by atoms with E-state index in [4.69, 9.17) is 9.47 Å². The molecular formula is C22H28N2O3. The first-order valence-corrected chi connectivity index (χ1v) is 9.43. The van der Waals surface area contributed by atoms with Crippen LogP contribution in [0.4, 0.5) is 0 Å². The molecule has 0 saturated carbocycles. The maximum atomic E-state index is 12.5. The molecule has 0 bridgehead atoms. The normalized spacial score (nSPS) is 15.9. The van der Waals surface area contributed by atoms with Crippen molar-refractivity contribution in [2.45, 2.75) is 19.4 Å². The molecule has 1 N–H and O–H groups in total. The molecule has 5 nitrogen and oxygen atoms in total. The summed E-state index contributed by atoms with van der Waals surface area (Å²) in [5, 5.41) is 3.12. The van der Waals surface area contributed by atoms with Crippen molar-refractivity contribution >= 4 is 5.91 Å². The van der Waals surface area contributed by atoms with Crippen LogP contribution in [0.25, 0.3) is 0 Å². The largest absolute Gasteiger partial charge is 0.497 e. The summed E-state index contributed by atoms with van der Waals surface area (Å²) in [7, 11) is 1.67. The highest BCUT2D eigenvalue weighted by Gasteiger charge is 2.23. The predicted octanol–water partition coefficient (Wildman–Crippen LogP) is 2.74. The van der Waals surface area contributed by atoms with Gasteiger partial charge in [-0.2, -0.15) is 0 Å². The molecule has 1 saturated heterocycles. The molecule has 27 heavy (non-hydrogen) atoms. The molecule has 144 valence electrons. The van der Waals surface area contributed by atoms with Gasteiger partial charge in [-0.1, -0.05) is 42.0 Å². The number of morpholine rings is 1. The first-order valence-electron chi connectivity index (χ1n) is 9.43. The SMILES string of the molecule is COc1ccc(C(CNC(=O)Cc2cccc(C)c2)N2CCOCC2)cc1. The number of carbonyl (C=O) groups is 1. The molecule has 1 heterocycles. The Kier molecular flexibility index (Phi) is 6.85. The van der Waals surface area contributed by atoms with Crippen LogP contribution in [0.2, 0.25) is 0 Å². The van der Waals surface area contributed by atoms with Gasteiger partial charge < -0.3 is 14.8 Å². The Balaban J connectivity index is 1.65. The molecule has 0 aromatic heterocycles. The molecule has 1 unspecified atom stereocenters. The van der Waals surface area contributed by atoms with E-state index in [1.807, 2.05) is 37.3 Å². The first-order chi connectivity index (χ1) is 13.2. The summed E-state index contributed by atoms with van der Waals surface area (Å²) in [6.07, 6.45) is 0.403. The number of methoxy groups -OCH3 is 1. The Morgan fingerprint density at radius 2 is 1.93 bits per heavy atom. The van der Waals surface area contributed by atoms with Crippen molar-refractivity contribution in [1.29, 1.82) is 0 Å². The summed E-state index contributed by atoms with van der Waals surface area (Å²) < 4.78 is 10.8. The van der Waals surface area contributed by atoms with E-state index in [1.165, 1.54) is 11.1 Å². The van der Waals surface area contributed by atoms with Crippen LogP contribution in [0, 0.1) is 6.92 Å². The second-order valence-electron chi connectivity index (χ2n) is 6.91. The Labute approximate surface area is 161 Å². The first kappa shape index (κ1) is 19.4. The van der Waals surface area contributed by atoms with Crippen molar-refractivity contribution in [3.8, 4) is 5.75 Å². The van der Waals surface area contributed by atoms with Gasteiger partial charge in [0.1, 0.15) is 5.75 Å². The molecule has 1 fully saturated rings. The number of rotatable bonds is 7. The molecule has 5 heteroatoms. The molecular weight excluding hydrogens is 340 g/mol. The van der Waals surface area contributed by atoms with Gasteiger partial charge in [-0.05, 0) is 30.2 Å². The number of carbonyl (C=O) groups excluding carboxylic acids is 1. The van der Waals surface area contributed by atoms with Crippen LogP contribution in [0.1, 0.15) is 22.7 Å². The van der Waals surface area contributed by atoms with Crippen LogP contribution < -0.4 is 10.1 Å². The molecule has 2 aromatic rings. The number of nitrogens with zero attached hydrogens (tertiary/aromatic N) is 1. The number of amides is 1. The molecule has 0 radical (unpaired) electrons. The molecule has 0 aliphatic carbocycles. The van der Waals surface area contributed by atoms with Gasteiger partial charge in [0.15, 0.2) is 0 Å². The fourth-order valence-corrected chi connectivity index (χ4v) is 3.45. The van der Waals surface area contributed by atoms with E-state index in [9.17, 15) is 4.79 Å². The average molecular weight is 368 g/mol. The van der Waals surface area contributed by atoms with Crippen LogP contribution >= 0.6 is 0 Å². The van der Waals surface area contributed by atoms with Crippen molar-refractivity contribution < 1.29 is 14.3 Å². The molecule has 2 aromatic carbocycles. The number of ether oxygens (including phenoxy) is 2. The van der Waals surface area contributed by atoms with Gasteiger partial charge in [-0.3, -0.25) is 9.69 Å². The number of benzene rings is 2. The number of nitrogens with one attached hydrogen (secondary N) is 1. The molecule has 1 atom stereocenters. The molecule has 1 aliphatic heterocycles. The number of hydrogen-bond acceptors (Lipinski definition) is 4. The van der Waals surface area contributed by atoms with E-state index in [1.54, 1.807) is 7.11 Å². The van der Waals surface area contributed by atoms with Gasteiger partial charge in [0.2, 0.25) is 5.91 Å². The predicted molar refractivity (Wildman–Crippen MR) is 106 cm³/mol. The molecule has 1 amide bonds. The topological polar surface area (TPSA) is 50.8 Å². The number of aryl methyl sites for hydroxylation is 1. The second-order valence-corrected chi connectivity index (χ2v) is 6.91. The minimum Gasteiger partial charge on any atom is -0.497 e. The van der Waals surface area contributed by atoms with Crippen LogP contribution in [0.5, 0.6) is 5.75 Å². The highest BCUT2D eigenvalue weighted by molar-refractivity contribution is 5.78. The highest BCUT2D eigenvalue weighted by atomic mass is 16.5. The van der Waals surface area contributed by atoms with Crippen molar-refractivity contribution in [2.75, 3.05) is 40.0 Å². The molecule has 0 spiro atoms. The van der Waals surface area contributed by atoms with Gasteiger partial charge in [0, 0.05) is 19.6 Å². The summed E-state index contributed by atoms with van der Waals surface area (Å²) in [4.78, 5) is 14.8. The van der Waals surface area contributed by atoms with E-state index < -0.39 is 0 Å². The Morgan fingerprint density at radius 1 is 1.19 bits per heavy atom. The average Bonchev–Trinajstić information content (AvgIpc) is 2.69. The van der Waals surface area contributed by atoms with E-state index in [0.29, 0.717) is 13.0 Å². The van der Waals surface area contributed by atoms with Crippen LogP contribution in [-0.4, -0.2) is 50.8 Å². The minimum absolute atomic E-state index is 0.0485. The van der Waals surface area contributed by atoms with Gasteiger partial charge in [0.25, 0.3) is 0 Å². The van der Waals surface area contributed by atoms with Crippen molar-refractivity contribution in [3.63, 3.8) is 0 Å². The van der Waals surface area contributed by atoms with Crippen molar-refractivity contribution in [1.82, 2.24) is 10.2 Å². The smallest absolute Gasteiger partial charge is 0.224 e. The monoisotopic (exact) mass is 368 g/mol. The highest BCUT2D eigenvalue weighted by Crippen LogP contribution is 2.23. The zero-order valence-corrected chi connectivity index (χ0v) is 16.1. The van der Waals surface area contributed by atoms with Gasteiger partial charge >= 0.3 is 0 Å². The Bertz CT molecular complexity index is 739. The van der Waals surface area contributed by atoms with Gasteiger partial charge in [-0.25, -0.2) is 0 Å². The standard InChI is InChI=1S/C22H28N2O3/c1-17-4-3-5-18(14-17)15-22(25)23-16-21(24-10-12-27-13-11-24)19-6-8-20(26-2)9-7-19/h3-9,14,21H,10-13,15-16H2,1-2H3,(H,23,25). The lowest BCUT2D eigenvalue weighted by atomic mass is 10.0. The lowest BCUT2D eigenvalue weighted by molar-refractivity contribution is -0.120. The maximum Gasteiger partial charge on any atom is 0.224 e. The lowest BCUT2D eigenvalue weighted by Crippen LogP contribution is -2.44. The van der Waals surface area contributed by atoms with Crippen LogP contribution in [0.3, 0.4) is 0 Å². The third kappa shape index (κ3) is 5.55. The zero-order chi connectivity index (χ0) is 19.1. The van der Waals surface area contributed by atoms with E-state index >= 15 is 0 Å². The van der Waals surface area contributed by atoms with E-state index in [-0.39, 0.29) is 11.9 Å². The Morgan fingerprint density at radius 3 is 2.59 bits per heavy atom. The Hall–Kier alpha value is -2.37. The quantitative estimate of drug-likeness (QED) is 0.816. The van der Waals surface area contributed by atoms with E-state index in [2.05, 4.69) is 28.4 Å². The molecule has 3 rings (SSSR count). The zero-order valence-electron chi connectivity index (χ0n) is 16.1. The van der Waals surface area contributed by atoms with Crippen LogP contribution in [-0.2, 0) is 16.0 Å². The second kappa shape index (κ2) is 9.53. The van der Waals surface area contributed by atoms with Gasteiger partial charge in [0.05, 0.1) is 32.8 Å². The summed E-state index contributed by atoms with van der Waals surface area (Å²) in [6.45, 7) is 5.80. The third-order valence-corrected chi connectivity index (χ3v) is 4.93. The fourth-order valence-electron chi connectivity index (χ4n) is 3.45. The minimum atomic E-state index is 0.0485.